The van der Waals surface area contributed by atoms with Gasteiger partial charge in [0.05, 0.1) is 25.3 Å². The molecule has 0 aliphatic heterocycles. The molecule has 0 N–H and O–H groups in total. The summed E-state index contributed by atoms with van der Waals surface area (Å²) in [5, 5.41) is 8.77. The monoisotopic (exact) mass is 210 g/mol. The van der Waals surface area contributed by atoms with Crippen LogP contribution in [0.25, 0.3) is 0 Å². The molecular formula is C12H22N2O. The van der Waals surface area contributed by atoms with E-state index in [1.807, 2.05) is 13.8 Å². The van der Waals surface area contributed by atoms with Crippen molar-refractivity contribution in [1.29, 1.82) is 5.26 Å². The van der Waals surface area contributed by atoms with Gasteiger partial charge in [0.15, 0.2) is 0 Å². The van der Waals surface area contributed by atoms with E-state index in [1.54, 1.807) is 0 Å². The highest BCUT2D eigenvalue weighted by atomic mass is 16.5. The van der Waals surface area contributed by atoms with Crippen molar-refractivity contribution in [3.63, 3.8) is 0 Å². The lowest BCUT2D eigenvalue weighted by Crippen LogP contribution is -2.36. The first-order chi connectivity index (χ1) is 7.24. The van der Waals surface area contributed by atoms with Crippen molar-refractivity contribution < 1.29 is 4.74 Å². The standard InChI is InChI=1S/C12H22N2O/c1-11(2)15-10-9-14(8-7-13)12-5-3-4-6-12/h11-12H,3-6,8-10H2,1-2H3. The smallest absolute Gasteiger partial charge is 0.0869 e. The van der Waals surface area contributed by atoms with E-state index in [-0.39, 0.29) is 6.10 Å². The van der Waals surface area contributed by atoms with E-state index in [0.29, 0.717) is 12.6 Å². The van der Waals surface area contributed by atoms with Gasteiger partial charge in [-0.3, -0.25) is 4.90 Å². The van der Waals surface area contributed by atoms with Crippen LogP contribution >= 0.6 is 0 Å². The molecule has 0 spiro atoms. The van der Waals surface area contributed by atoms with E-state index < -0.39 is 0 Å². The first-order valence-corrected chi connectivity index (χ1v) is 5.96. The Labute approximate surface area is 93.0 Å². The number of hydrogen-bond acceptors (Lipinski definition) is 3. The number of hydrogen-bond donors (Lipinski definition) is 0. The third-order valence-corrected chi connectivity index (χ3v) is 2.94. The Bertz CT molecular complexity index is 204. The van der Waals surface area contributed by atoms with Crippen LogP contribution in [-0.4, -0.2) is 36.7 Å². The van der Waals surface area contributed by atoms with Gasteiger partial charge in [0.2, 0.25) is 0 Å². The van der Waals surface area contributed by atoms with Crippen LogP contribution in [0, 0.1) is 11.3 Å². The van der Waals surface area contributed by atoms with Gasteiger partial charge in [-0.05, 0) is 26.7 Å². The number of nitriles is 1. The van der Waals surface area contributed by atoms with E-state index in [9.17, 15) is 0 Å². The average Bonchev–Trinajstić information content (AvgIpc) is 2.68. The minimum absolute atomic E-state index is 0.289. The fraction of sp³-hybridized carbons (Fsp3) is 0.917. The number of nitrogens with zero attached hydrogens (tertiary/aromatic N) is 2. The van der Waals surface area contributed by atoms with Gasteiger partial charge in [-0.2, -0.15) is 5.26 Å². The van der Waals surface area contributed by atoms with Crippen LogP contribution in [0.15, 0.2) is 0 Å². The molecule has 86 valence electrons. The average molecular weight is 210 g/mol. The molecule has 1 aliphatic rings. The SMILES string of the molecule is CC(C)OCCN(CC#N)C1CCCC1. The van der Waals surface area contributed by atoms with Crippen molar-refractivity contribution >= 4 is 0 Å². The zero-order valence-electron chi connectivity index (χ0n) is 9.91. The highest BCUT2D eigenvalue weighted by molar-refractivity contribution is 4.84. The largest absolute Gasteiger partial charge is 0.377 e. The summed E-state index contributed by atoms with van der Waals surface area (Å²) in [6.07, 6.45) is 5.43. The molecule has 0 amide bonds. The lowest BCUT2D eigenvalue weighted by molar-refractivity contribution is 0.0529. The molecule has 0 aromatic rings. The van der Waals surface area contributed by atoms with Crippen molar-refractivity contribution in [2.75, 3.05) is 19.7 Å². The van der Waals surface area contributed by atoms with Gasteiger partial charge in [0.1, 0.15) is 0 Å². The van der Waals surface area contributed by atoms with Crippen LogP contribution in [0.5, 0.6) is 0 Å². The van der Waals surface area contributed by atoms with Gasteiger partial charge >= 0.3 is 0 Å². The highest BCUT2D eigenvalue weighted by Crippen LogP contribution is 2.22. The summed E-state index contributed by atoms with van der Waals surface area (Å²) in [7, 11) is 0. The third-order valence-electron chi connectivity index (χ3n) is 2.94. The van der Waals surface area contributed by atoms with Crippen molar-refractivity contribution in [3.8, 4) is 6.07 Å². The Morgan fingerprint density at radius 1 is 1.40 bits per heavy atom. The summed E-state index contributed by atoms with van der Waals surface area (Å²) in [4.78, 5) is 2.27. The third kappa shape index (κ3) is 4.63. The second-order valence-corrected chi connectivity index (χ2v) is 4.49. The van der Waals surface area contributed by atoms with Crippen LogP contribution in [-0.2, 0) is 4.74 Å². The van der Waals surface area contributed by atoms with Crippen LogP contribution in [0.4, 0.5) is 0 Å². The molecule has 1 aliphatic carbocycles. The Morgan fingerprint density at radius 2 is 2.07 bits per heavy atom. The predicted octanol–water partition coefficient (Wildman–Crippen LogP) is 2.18. The highest BCUT2D eigenvalue weighted by Gasteiger charge is 2.21. The van der Waals surface area contributed by atoms with Gasteiger partial charge < -0.3 is 4.74 Å². The molecule has 0 unspecified atom stereocenters. The Morgan fingerprint density at radius 3 is 2.60 bits per heavy atom. The van der Waals surface area contributed by atoms with Gasteiger partial charge in [-0.15, -0.1) is 0 Å². The minimum Gasteiger partial charge on any atom is -0.377 e. The topological polar surface area (TPSA) is 36.3 Å². The van der Waals surface area contributed by atoms with Crippen molar-refractivity contribution in [2.45, 2.75) is 51.7 Å². The van der Waals surface area contributed by atoms with Crippen LogP contribution in [0.2, 0.25) is 0 Å². The molecule has 0 saturated heterocycles. The molecule has 0 heterocycles. The maximum atomic E-state index is 8.77. The van der Waals surface area contributed by atoms with E-state index in [2.05, 4.69) is 11.0 Å². The molecular weight excluding hydrogens is 188 g/mol. The van der Waals surface area contributed by atoms with Crippen LogP contribution in [0.3, 0.4) is 0 Å². The Hall–Kier alpha value is -0.590. The molecule has 0 atom stereocenters. The lowest BCUT2D eigenvalue weighted by atomic mass is 10.2. The van der Waals surface area contributed by atoms with E-state index in [0.717, 1.165) is 13.2 Å². The summed E-state index contributed by atoms with van der Waals surface area (Å²) >= 11 is 0. The predicted molar refractivity (Wildman–Crippen MR) is 60.5 cm³/mol. The Kier molecular flexibility index (Phi) is 5.67. The summed E-state index contributed by atoms with van der Waals surface area (Å²) in [5.74, 6) is 0. The first-order valence-electron chi connectivity index (χ1n) is 5.96. The maximum absolute atomic E-state index is 8.77. The van der Waals surface area contributed by atoms with Gasteiger partial charge in [0, 0.05) is 12.6 Å². The fourth-order valence-electron chi connectivity index (χ4n) is 2.16. The normalized spacial score (nSPS) is 17.5. The van der Waals surface area contributed by atoms with Gasteiger partial charge in [-0.1, -0.05) is 12.8 Å². The Balaban J connectivity index is 2.27. The molecule has 3 heteroatoms. The van der Waals surface area contributed by atoms with Crippen molar-refractivity contribution in [3.05, 3.63) is 0 Å². The molecule has 0 aromatic carbocycles. The van der Waals surface area contributed by atoms with E-state index in [1.165, 1.54) is 25.7 Å². The summed E-state index contributed by atoms with van der Waals surface area (Å²) in [6.45, 7) is 6.28. The summed E-state index contributed by atoms with van der Waals surface area (Å²) < 4.78 is 5.53. The number of ether oxygens (including phenoxy) is 1. The first kappa shape index (κ1) is 12.5. The molecule has 0 bridgehead atoms. The zero-order chi connectivity index (χ0) is 11.1. The quantitative estimate of drug-likeness (QED) is 0.630. The van der Waals surface area contributed by atoms with Crippen LogP contribution < -0.4 is 0 Å². The second kappa shape index (κ2) is 6.81. The van der Waals surface area contributed by atoms with Crippen molar-refractivity contribution in [2.24, 2.45) is 0 Å². The molecule has 1 rings (SSSR count). The van der Waals surface area contributed by atoms with E-state index >= 15 is 0 Å². The lowest BCUT2D eigenvalue weighted by Gasteiger charge is -2.26. The second-order valence-electron chi connectivity index (χ2n) is 4.49. The summed E-state index contributed by atoms with van der Waals surface area (Å²) in [5.41, 5.74) is 0. The van der Waals surface area contributed by atoms with Crippen molar-refractivity contribution in [1.82, 2.24) is 4.90 Å². The fourth-order valence-corrected chi connectivity index (χ4v) is 2.16. The molecule has 3 nitrogen and oxygen atoms in total. The molecule has 1 fully saturated rings. The summed E-state index contributed by atoms with van der Waals surface area (Å²) in [6, 6.07) is 2.88. The zero-order valence-corrected chi connectivity index (χ0v) is 9.91. The maximum Gasteiger partial charge on any atom is 0.0869 e. The van der Waals surface area contributed by atoms with Gasteiger partial charge in [0.25, 0.3) is 0 Å². The van der Waals surface area contributed by atoms with Crippen LogP contribution in [0.1, 0.15) is 39.5 Å². The van der Waals surface area contributed by atoms with E-state index in [4.69, 9.17) is 10.00 Å². The molecule has 1 saturated carbocycles. The molecule has 15 heavy (non-hydrogen) atoms. The molecule has 0 radical (unpaired) electrons. The number of rotatable bonds is 6. The van der Waals surface area contributed by atoms with Gasteiger partial charge in [-0.25, -0.2) is 0 Å². The minimum atomic E-state index is 0.289. The molecule has 0 aromatic heterocycles.